The lowest BCUT2D eigenvalue weighted by atomic mass is 10.0. The van der Waals surface area contributed by atoms with Gasteiger partial charge in [0.2, 0.25) is 6.35 Å². The first kappa shape index (κ1) is 24.3. The van der Waals surface area contributed by atoms with Crippen molar-refractivity contribution in [2.45, 2.75) is 52.0 Å². The number of benzene rings is 2. The molecule has 2 aliphatic heterocycles. The summed E-state index contributed by atoms with van der Waals surface area (Å²) in [6.07, 6.45) is 4.22. The number of unbranched alkanes of at least 4 members (excludes halogenated alkanes) is 1. The highest BCUT2D eigenvalue weighted by atomic mass is 16.5. The highest BCUT2D eigenvalue weighted by Gasteiger charge is 2.33. The van der Waals surface area contributed by atoms with E-state index in [-0.39, 0.29) is 6.35 Å². The number of nitrogens with two attached hydrogens (primary N) is 1. The summed E-state index contributed by atoms with van der Waals surface area (Å²) in [6.45, 7) is 6.74. The van der Waals surface area contributed by atoms with Gasteiger partial charge in [0, 0.05) is 20.2 Å². The minimum atomic E-state index is -0.385. The van der Waals surface area contributed by atoms with E-state index in [1.807, 2.05) is 4.90 Å². The molecule has 1 aromatic heterocycles. The van der Waals surface area contributed by atoms with Gasteiger partial charge >= 0.3 is 6.01 Å². The molecular formula is C28H36N6O2. The van der Waals surface area contributed by atoms with Crippen LogP contribution in [0.5, 0.6) is 6.01 Å². The van der Waals surface area contributed by atoms with E-state index < -0.39 is 0 Å². The number of nitrogens with one attached hydrogen (secondary N) is 1. The average Bonchev–Trinajstić information content (AvgIpc) is 3.53. The first-order valence-electron chi connectivity index (χ1n) is 12.9. The predicted octanol–water partition coefficient (Wildman–Crippen LogP) is 4.86. The van der Waals surface area contributed by atoms with Crippen LogP contribution in [-0.2, 0) is 17.8 Å². The molecule has 0 aliphatic carbocycles. The maximum Gasteiger partial charge on any atom is 0.320 e. The van der Waals surface area contributed by atoms with Crippen LogP contribution in [0.3, 0.4) is 0 Å². The quantitative estimate of drug-likeness (QED) is 0.391. The molecule has 5 rings (SSSR count). The second-order valence-electron chi connectivity index (χ2n) is 9.53. The number of rotatable bonds is 10. The molecule has 36 heavy (non-hydrogen) atoms. The Kier molecular flexibility index (Phi) is 7.53. The van der Waals surface area contributed by atoms with Gasteiger partial charge in [-0.05, 0) is 60.7 Å². The average molecular weight is 489 g/mol. The Labute approximate surface area is 213 Å². The maximum atomic E-state index is 6.22. The smallest absolute Gasteiger partial charge is 0.320 e. The molecule has 1 atom stereocenters. The molecular weight excluding hydrogens is 452 g/mol. The van der Waals surface area contributed by atoms with E-state index in [0.717, 1.165) is 24.9 Å². The molecule has 0 amide bonds. The third-order valence-corrected chi connectivity index (χ3v) is 6.84. The van der Waals surface area contributed by atoms with Crippen LogP contribution in [0.4, 0.5) is 17.3 Å². The summed E-state index contributed by atoms with van der Waals surface area (Å²) in [7, 11) is 1.66. The number of fused-ring (bicyclic) bond motifs is 1. The zero-order valence-corrected chi connectivity index (χ0v) is 21.2. The fraction of sp³-hybridized carbons (Fsp3) is 0.429. The van der Waals surface area contributed by atoms with E-state index in [2.05, 4.69) is 75.6 Å². The standard InChI is InChI=1S/C28H36N6O2/c1-3-4-16-36-27-31-25(29)24-26(32-27)34(28(30-24)35-2)19-20-10-12-22(13-11-20)23-9-7-8-21(17-23)18-33-14-5-6-15-33/h7-13,17,28,30H,3-6,14-16,18-19H2,1-2H3,(H2,29,31,32). The first-order chi connectivity index (χ1) is 17.6. The van der Waals surface area contributed by atoms with Crippen LogP contribution in [0.25, 0.3) is 11.1 Å². The van der Waals surface area contributed by atoms with E-state index in [4.69, 9.17) is 15.2 Å². The summed E-state index contributed by atoms with van der Waals surface area (Å²) in [5.74, 6) is 1.06. The monoisotopic (exact) mass is 488 g/mol. The molecule has 8 heteroatoms. The van der Waals surface area contributed by atoms with Crippen molar-refractivity contribution in [2.24, 2.45) is 0 Å². The highest BCUT2D eigenvalue weighted by molar-refractivity contribution is 5.81. The van der Waals surface area contributed by atoms with Gasteiger partial charge in [-0.15, -0.1) is 0 Å². The van der Waals surface area contributed by atoms with Crippen molar-refractivity contribution >= 4 is 17.3 Å². The lowest BCUT2D eigenvalue weighted by Gasteiger charge is -2.24. The number of hydrogen-bond donors (Lipinski definition) is 2. The number of aromatic nitrogens is 2. The molecule has 2 aromatic carbocycles. The zero-order valence-electron chi connectivity index (χ0n) is 21.2. The van der Waals surface area contributed by atoms with Crippen molar-refractivity contribution in [3.8, 4) is 17.1 Å². The van der Waals surface area contributed by atoms with Crippen molar-refractivity contribution in [2.75, 3.05) is 42.8 Å². The predicted molar refractivity (Wildman–Crippen MR) is 144 cm³/mol. The lowest BCUT2D eigenvalue weighted by Crippen LogP contribution is -2.36. The van der Waals surface area contributed by atoms with Crippen LogP contribution in [-0.4, -0.2) is 48.0 Å². The molecule has 0 bridgehead atoms. The molecule has 1 saturated heterocycles. The molecule has 3 heterocycles. The fourth-order valence-electron chi connectivity index (χ4n) is 4.87. The second kappa shape index (κ2) is 11.1. The van der Waals surface area contributed by atoms with Gasteiger partial charge < -0.3 is 25.4 Å². The molecule has 1 fully saturated rings. The van der Waals surface area contributed by atoms with Crippen LogP contribution in [0, 0.1) is 0 Å². The zero-order chi connectivity index (χ0) is 24.9. The first-order valence-corrected chi connectivity index (χ1v) is 12.9. The molecule has 0 spiro atoms. The largest absolute Gasteiger partial charge is 0.463 e. The summed E-state index contributed by atoms with van der Waals surface area (Å²) in [5.41, 5.74) is 11.9. The van der Waals surface area contributed by atoms with E-state index in [1.165, 1.54) is 42.6 Å². The minimum absolute atomic E-state index is 0.299. The van der Waals surface area contributed by atoms with E-state index in [9.17, 15) is 0 Å². The van der Waals surface area contributed by atoms with Crippen molar-refractivity contribution in [1.82, 2.24) is 14.9 Å². The van der Waals surface area contributed by atoms with Gasteiger partial charge in [0.15, 0.2) is 11.6 Å². The third-order valence-electron chi connectivity index (χ3n) is 6.84. The summed E-state index contributed by atoms with van der Waals surface area (Å²) in [6, 6.07) is 17.9. The topological polar surface area (TPSA) is 88.8 Å². The van der Waals surface area contributed by atoms with Crippen molar-refractivity contribution in [1.29, 1.82) is 0 Å². The van der Waals surface area contributed by atoms with Crippen LogP contribution < -0.4 is 20.7 Å². The Balaban J connectivity index is 1.31. The van der Waals surface area contributed by atoms with Gasteiger partial charge in [0.05, 0.1) is 6.61 Å². The third kappa shape index (κ3) is 5.39. The fourth-order valence-corrected chi connectivity index (χ4v) is 4.87. The van der Waals surface area contributed by atoms with Crippen molar-refractivity contribution in [3.63, 3.8) is 0 Å². The van der Waals surface area contributed by atoms with Gasteiger partial charge in [-0.3, -0.25) is 4.90 Å². The number of ether oxygens (including phenoxy) is 2. The highest BCUT2D eigenvalue weighted by Crippen LogP contribution is 2.39. The van der Waals surface area contributed by atoms with Gasteiger partial charge in [0.1, 0.15) is 5.69 Å². The number of nitrogen functional groups attached to an aromatic ring is 1. The normalized spacial score (nSPS) is 17.3. The second-order valence-corrected chi connectivity index (χ2v) is 9.53. The van der Waals surface area contributed by atoms with Crippen LogP contribution in [0.15, 0.2) is 48.5 Å². The number of nitrogens with zero attached hydrogens (tertiary/aromatic N) is 4. The lowest BCUT2D eigenvalue weighted by molar-refractivity contribution is 0.125. The maximum absolute atomic E-state index is 6.22. The number of likely N-dealkylation sites (tertiary alicyclic amines) is 1. The van der Waals surface area contributed by atoms with E-state index in [0.29, 0.717) is 36.5 Å². The molecule has 2 aliphatic rings. The Bertz CT molecular complexity index is 1160. The Morgan fingerprint density at radius 1 is 1.00 bits per heavy atom. The van der Waals surface area contributed by atoms with Crippen LogP contribution >= 0.6 is 0 Å². The van der Waals surface area contributed by atoms with Gasteiger partial charge in [-0.2, -0.15) is 9.97 Å². The molecule has 190 valence electrons. The van der Waals surface area contributed by atoms with E-state index >= 15 is 0 Å². The Morgan fingerprint density at radius 3 is 2.56 bits per heavy atom. The van der Waals surface area contributed by atoms with Gasteiger partial charge in [0.25, 0.3) is 0 Å². The van der Waals surface area contributed by atoms with Crippen molar-refractivity contribution in [3.05, 3.63) is 59.7 Å². The summed E-state index contributed by atoms with van der Waals surface area (Å²) < 4.78 is 11.4. The van der Waals surface area contributed by atoms with Gasteiger partial charge in [-0.1, -0.05) is 55.8 Å². The Morgan fingerprint density at radius 2 is 1.81 bits per heavy atom. The molecule has 3 aromatic rings. The SMILES string of the molecule is CCCCOc1nc(N)c2c(n1)N(Cc1ccc(-c3cccc(CN4CCCC4)c3)cc1)C(OC)N2. The van der Waals surface area contributed by atoms with E-state index in [1.54, 1.807) is 7.11 Å². The summed E-state index contributed by atoms with van der Waals surface area (Å²) in [5, 5.41) is 3.28. The summed E-state index contributed by atoms with van der Waals surface area (Å²) >= 11 is 0. The Hall–Kier alpha value is -3.36. The van der Waals surface area contributed by atoms with Crippen LogP contribution in [0.1, 0.15) is 43.7 Å². The molecule has 0 saturated carbocycles. The molecule has 1 unspecified atom stereocenters. The molecule has 0 radical (unpaired) electrons. The van der Waals surface area contributed by atoms with Crippen molar-refractivity contribution < 1.29 is 9.47 Å². The molecule has 3 N–H and O–H groups in total. The number of methoxy groups -OCH3 is 1. The number of anilines is 3. The van der Waals surface area contributed by atoms with Gasteiger partial charge in [-0.25, -0.2) is 0 Å². The number of hydrogen-bond acceptors (Lipinski definition) is 8. The molecule has 8 nitrogen and oxygen atoms in total. The summed E-state index contributed by atoms with van der Waals surface area (Å²) in [4.78, 5) is 13.5. The minimum Gasteiger partial charge on any atom is -0.463 e. The van der Waals surface area contributed by atoms with Crippen LogP contribution in [0.2, 0.25) is 0 Å².